The molecule has 1 amide bonds. The number of carbonyl (C=O) groups excluding carboxylic acids is 1. The summed E-state index contributed by atoms with van der Waals surface area (Å²) in [6.45, 7) is 5.97. The first-order valence-corrected chi connectivity index (χ1v) is 6.73. The summed E-state index contributed by atoms with van der Waals surface area (Å²) in [4.78, 5) is 12.2. The van der Waals surface area contributed by atoms with E-state index in [0.29, 0.717) is 30.1 Å². The Kier molecular flexibility index (Phi) is 5.82. The number of carbonyl (C=O) groups is 1. The second-order valence-corrected chi connectivity index (χ2v) is 4.83. The average Bonchev–Trinajstić information content (AvgIpc) is 2.47. The maximum absolute atomic E-state index is 12.2. The van der Waals surface area contributed by atoms with Crippen LogP contribution in [-0.2, 0) is 0 Å². The highest BCUT2D eigenvalue weighted by Crippen LogP contribution is 2.28. The Balaban J connectivity index is 2.96. The Labute approximate surface area is 119 Å². The molecule has 112 valence electrons. The van der Waals surface area contributed by atoms with Crippen LogP contribution in [0.25, 0.3) is 0 Å². The maximum atomic E-state index is 12.2. The molecule has 0 radical (unpaired) electrons. The molecule has 0 saturated carbocycles. The first-order valence-electron chi connectivity index (χ1n) is 6.73. The van der Waals surface area contributed by atoms with Gasteiger partial charge in [0.25, 0.3) is 5.91 Å². The van der Waals surface area contributed by atoms with Gasteiger partial charge in [0.1, 0.15) is 0 Å². The molecule has 5 nitrogen and oxygen atoms in total. The summed E-state index contributed by atoms with van der Waals surface area (Å²) in [5.41, 5.74) is -0.148. The predicted octanol–water partition coefficient (Wildman–Crippen LogP) is 1.98. The summed E-state index contributed by atoms with van der Waals surface area (Å²) in [5, 5.41) is 12.2. The third-order valence-corrected chi connectivity index (χ3v) is 3.27. The number of amides is 1. The molecule has 1 aromatic carbocycles. The van der Waals surface area contributed by atoms with Crippen LogP contribution in [-0.4, -0.2) is 36.9 Å². The van der Waals surface area contributed by atoms with Crippen molar-refractivity contribution in [3.63, 3.8) is 0 Å². The minimum absolute atomic E-state index is 0.107. The Morgan fingerprint density at radius 2 is 2.05 bits per heavy atom. The lowest BCUT2D eigenvalue weighted by Gasteiger charge is -2.27. The first-order chi connectivity index (χ1) is 9.49. The minimum Gasteiger partial charge on any atom is -0.493 e. The third kappa shape index (κ3) is 3.87. The molecule has 0 aromatic heterocycles. The van der Waals surface area contributed by atoms with Gasteiger partial charge in [0.05, 0.1) is 25.9 Å². The number of rotatable bonds is 7. The summed E-state index contributed by atoms with van der Waals surface area (Å²) >= 11 is 0. The summed E-state index contributed by atoms with van der Waals surface area (Å²) in [6, 6.07) is 5.01. The van der Waals surface area contributed by atoms with E-state index >= 15 is 0 Å². The average molecular weight is 281 g/mol. The number of hydrogen-bond donors (Lipinski definition) is 2. The van der Waals surface area contributed by atoms with Crippen LogP contribution in [0.15, 0.2) is 18.2 Å². The number of methoxy groups -OCH3 is 1. The second kappa shape index (κ2) is 7.14. The van der Waals surface area contributed by atoms with Gasteiger partial charge in [-0.3, -0.25) is 4.79 Å². The van der Waals surface area contributed by atoms with Crippen LogP contribution in [0, 0.1) is 0 Å². The van der Waals surface area contributed by atoms with Crippen LogP contribution >= 0.6 is 0 Å². The first kappa shape index (κ1) is 16.3. The van der Waals surface area contributed by atoms with Crippen LogP contribution in [0.4, 0.5) is 0 Å². The van der Waals surface area contributed by atoms with Gasteiger partial charge in [0.15, 0.2) is 11.5 Å². The molecule has 5 heteroatoms. The SMILES string of the molecule is CCOc1cc(C(=O)NC(C)(CC)CO)ccc1OC. The summed E-state index contributed by atoms with van der Waals surface area (Å²) in [5.74, 6) is 0.876. The van der Waals surface area contributed by atoms with Gasteiger partial charge in [-0.1, -0.05) is 6.92 Å². The van der Waals surface area contributed by atoms with E-state index < -0.39 is 5.54 Å². The van der Waals surface area contributed by atoms with Crippen molar-refractivity contribution in [3.05, 3.63) is 23.8 Å². The molecule has 1 rings (SSSR count). The summed E-state index contributed by atoms with van der Waals surface area (Å²) < 4.78 is 10.6. The predicted molar refractivity (Wildman–Crippen MR) is 77.4 cm³/mol. The standard InChI is InChI=1S/C15H23NO4/c1-5-15(3,10-17)16-14(18)11-7-8-12(19-4)13(9-11)20-6-2/h7-9,17H,5-6,10H2,1-4H3,(H,16,18). The molecular formula is C15H23NO4. The topological polar surface area (TPSA) is 67.8 Å². The van der Waals surface area contributed by atoms with Crippen molar-refractivity contribution in [2.45, 2.75) is 32.7 Å². The number of benzene rings is 1. The number of hydrogen-bond acceptors (Lipinski definition) is 4. The molecule has 20 heavy (non-hydrogen) atoms. The zero-order valence-electron chi connectivity index (χ0n) is 12.5. The van der Waals surface area contributed by atoms with Crippen molar-refractivity contribution in [1.82, 2.24) is 5.32 Å². The highest BCUT2D eigenvalue weighted by atomic mass is 16.5. The van der Waals surface area contributed by atoms with Gasteiger partial charge in [-0.25, -0.2) is 0 Å². The van der Waals surface area contributed by atoms with E-state index in [2.05, 4.69) is 5.32 Å². The van der Waals surface area contributed by atoms with E-state index in [9.17, 15) is 9.90 Å². The van der Waals surface area contributed by atoms with E-state index in [4.69, 9.17) is 9.47 Å². The van der Waals surface area contributed by atoms with Crippen molar-refractivity contribution in [2.75, 3.05) is 20.3 Å². The molecule has 0 aliphatic heterocycles. The monoisotopic (exact) mass is 281 g/mol. The lowest BCUT2D eigenvalue weighted by molar-refractivity contribution is 0.0847. The zero-order valence-corrected chi connectivity index (χ0v) is 12.5. The Morgan fingerprint density at radius 3 is 2.55 bits per heavy atom. The van der Waals surface area contributed by atoms with E-state index in [0.717, 1.165) is 0 Å². The van der Waals surface area contributed by atoms with Crippen molar-refractivity contribution in [2.24, 2.45) is 0 Å². The fourth-order valence-electron chi connectivity index (χ4n) is 1.67. The third-order valence-electron chi connectivity index (χ3n) is 3.27. The molecule has 0 saturated heterocycles. The Bertz CT molecular complexity index is 455. The molecular weight excluding hydrogens is 258 g/mol. The molecule has 2 N–H and O–H groups in total. The lowest BCUT2D eigenvalue weighted by atomic mass is 9.99. The molecule has 0 bridgehead atoms. The molecule has 0 aliphatic rings. The van der Waals surface area contributed by atoms with Gasteiger partial charge >= 0.3 is 0 Å². The van der Waals surface area contributed by atoms with Crippen molar-refractivity contribution in [1.29, 1.82) is 0 Å². The number of aliphatic hydroxyl groups excluding tert-OH is 1. The van der Waals surface area contributed by atoms with Crippen LogP contribution in [0.1, 0.15) is 37.6 Å². The highest BCUT2D eigenvalue weighted by Gasteiger charge is 2.24. The Morgan fingerprint density at radius 1 is 1.35 bits per heavy atom. The largest absolute Gasteiger partial charge is 0.493 e. The van der Waals surface area contributed by atoms with Crippen molar-refractivity contribution in [3.8, 4) is 11.5 Å². The smallest absolute Gasteiger partial charge is 0.251 e. The van der Waals surface area contributed by atoms with E-state index in [1.54, 1.807) is 32.2 Å². The van der Waals surface area contributed by atoms with E-state index in [1.807, 2.05) is 13.8 Å². The van der Waals surface area contributed by atoms with Crippen LogP contribution in [0.3, 0.4) is 0 Å². The fraction of sp³-hybridized carbons (Fsp3) is 0.533. The van der Waals surface area contributed by atoms with Crippen molar-refractivity contribution >= 4 is 5.91 Å². The van der Waals surface area contributed by atoms with Gasteiger partial charge in [-0.2, -0.15) is 0 Å². The second-order valence-electron chi connectivity index (χ2n) is 4.83. The fourth-order valence-corrected chi connectivity index (χ4v) is 1.67. The van der Waals surface area contributed by atoms with E-state index in [1.165, 1.54) is 0 Å². The summed E-state index contributed by atoms with van der Waals surface area (Å²) in [6.07, 6.45) is 0.643. The van der Waals surface area contributed by atoms with Crippen LogP contribution < -0.4 is 14.8 Å². The van der Waals surface area contributed by atoms with Gasteiger partial charge in [0, 0.05) is 5.56 Å². The van der Waals surface area contributed by atoms with Crippen molar-refractivity contribution < 1.29 is 19.4 Å². The number of aliphatic hydroxyl groups is 1. The normalized spacial score (nSPS) is 13.4. The van der Waals surface area contributed by atoms with Gasteiger partial charge in [-0.15, -0.1) is 0 Å². The van der Waals surface area contributed by atoms with E-state index in [-0.39, 0.29) is 12.5 Å². The number of nitrogens with one attached hydrogen (secondary N) is 1. The van der Waals surface area contributed by atoms with Crippen LogP contribution in [0.2, 0.25) is 0 Å². The molecule has 0 aliphatic carbocycles. The quantitative estimate of drug-likeness (QED) is 0.802. The lowest BCUT2D eigenvalue weighted by Crippen LogP contribution is -2.48. The van der Waals surface area contributed by atoms with Gasteiger partial charge < -0.3 is 19.9 Å². The maximum Gasteiger partial charge on any atom is 0.251 e. The summed E-state index contributed by atoms with van der Waals surface area (Å²) in [7, 11) is 1.55. The Hall–Kier alpha value is -1.75. The molecule has 0 fully saturated rings. The zero-order chi connectivity index (χ0) is 15.2. The van der Waals surface area contributed by atoms with Gasteiger partial charge in [-0.05, 0) is 38.5 Å². The molecule has 1 aromatic rings. The highest BCUT2D eigenvalue weighted by molar-refractivity contribution is 5.95. The molecule has 0 spiro atoms. The van der Waals surface area contributed by atoms with Crippen LogP contribution in [0.5, 0.6) is 11.5 Å². The minimum atomic E-state index is -0.622. The molecule has 1 atom stereocenters. The molecule has 0 heterocycles. The number of ether oxygens (including phenoxy) is 2. The van der Waals surface area contributed by atoms with Gasteiger partial charge in [0.2, 0.25) is 0 Å². The molecule has 1 unspecified atom stereocenters.